The first-order valence-electron chi connectivity index (χ1n) is 8.84. The summed E-state index contributed by atoms with van der Waals surface area (Å²) in [6.45, 7) is 1.50. The smallest absolute Gasteiger partial charge is 0.329 e. The van der Waals surface area contributed by atoms with E-state index in [4.69, 9.17) is 9.47 Å². The third kappa shape index (κ3) is 4.55. The molecule has 0 bridgehead atoms. The number of urea groups is 1. The molecular formula is C21H21N3O5. The zero-order valence-electron chi connectivity index (χ0n) is 16.3. The summed E-state index contributed by atoms with van der Waals surface area (Å²) in [5.41, 5.74) is 2.18. The van der Waals surface area contributed by atoms with Crippen molar-refractivity contribution in [3.8, 4) is 11.5 Å². The van der Waals surface area contributed by atoms with Gasteiger partial charge in [0.05, 0.1) is 14.2 Å². The molecule has 1 aliphatic heterocycles. The minimum atomic E-state index is -0.664. The lowest BCUT2D eigenvalue weighted by molar-refractivity contribution is -0.127. The summed E-state index contributed by atoms with van der Waals surface area (Å²) >= 11 is 0. The van der Waals surface area contributed by atoms with Gasteiger partial charge in [0.15, 0.2) is 0 Å². The number of hydrogen-bond acceptors (Lipinski definition) is 5. The van der Waals surface area contributed by atoms with Gasteiger partial charge in [-0.2, -0.15) is 0 Å². The topological polar surface area (TPSA) is 97.0 Å². The summed E-state index contributed by atoms with van der Waals surface area (Å²) in [4.78, 5) is 38.0. The molecule has 1 aliphatic rings. The molecule has 4 amide bonds. The van der Waals surface area contributed by atoms with E-state index in [2.05, 4.69) is 10.6 Å². The van der Waals surface area contributed by atoms with Crippen molar-refractivity contribution < 1.29 is 23.9 Å². The Morgan fingerprint density at radius 3 is 2.62 bits per heavy atom. The zero-order chi connectivity index (χ0) is 21.0. The second-order valence-corrected chi connectivity index (χ2v) is 6.40. The number of carbonyl (C=O) groups is 3. The van der Waals surface area contributed by atoms with Crippen molar-refractivity contribution in [1.29, 1.82) is 0 Å². The highest BCUT2D eigenvalue weighted by Gasteiger charge is 2.35. The van der Waals surface area contributed by atoms with Crippen molar-refractivity contribution in [2.75, 3.05) is 26.1 Å². The quantitative estimate of drug-likeness (QED) is 0.579. The second kappa shape index (κ2) is 8.47. The molecule has 0 radical (unpaired) electrons. The van der Waals surface area contributed by atoms with Crippen molar-refractivity contribution >= 4 is 29.6 Å². The summed E-state index contributed by atoms with van der Waals surface area (Å²) in [6, 6.07) is 11.7. The second-order valence-electron chi connectivity index (χ2n) is 6.40. The Balaban J connectivity index is 1.76. The van der Waals surface area contributed by atoms with Crippen LogP contribution < -0.4 is 20.1 Å². The number of nitrogens with zero attached hydrogens (tertiary/aromatic N) is 1. The maximum absolute atomic E-state index is 12.6. The van der Waals surface area contributed by atoms with Crippen LogP contribution in [0.25, 0.3) is 6.08 Å². The molecule has 2 aromatic rings. The minimum absolute atomic E-state index is 0.0462. The van der Waals surface area contributed by atoms with Gasteiger partial charge in [0.2, 0.25) is 5.91 Å². The Labute approximate surface area is 168 Å². The normalized spacial score (nSPS) is 14.7. The third-order valence-corrected chi connectivity index (χ3v) is 4.30. The SMILES string of the molecule is COc1ccc(OC)c(/C=C2/NC(=O)N(CC(=O)Nc3cccc(C)c3)C2=O)c1. The monoisotopic (exact) mass is 395 g/mol. The van der Waals surface area contributed by atoms with Crippen LogP contribution >= 0.6 is 0 Å². The number of imide groups is 1. The molecule has 150 valence electrons. The molecule has 8 heteroatoms. The highest BCUT2D eigenvalue weighted by Crippen LogP contribution is 2.27. The maximum Gasteiger partial charge on any atom is 0.329 e. The number of rotatable bonds is 6. The maximum atomic E-state index is 12.6. The average Bonchev–Trinajstić information content (AvgIpc) is 2.95. The predicted octanol–water partition coefficient (Wildman–Crippen LogP) is 2.54. The first-order valence-corrected chi connectivity index (χ1v) is 8.84. The summed E-state index contributed by atoms with van der Waals surface area (Å²) < 4.78 is 10.5. The number of methoxy groups -OCH3 is 2. The van der Waals surface area contributed by atoms with Crippen LogP contribution in [-0.4, -0.2) is 43.5 Å². The van der Waals surface area contributed by atoms with Crippen LogP contribution in [0.15, 0.2) is 48.2 Å². The molecule has 0 saturated carbocycles. The number of carbonyl (C=O) groups excluding carboxylic acids is 3. The molecule has 29 heavy (non-hydrogen) atoms. The van der Waals surface area contributed by atoms with Crippen LogP contribution in [0, 0.1) is 6.92 Å². The van der Waals surface area contributed by atoms with Gasteiger partial charge in [0.1, 0.15) is 23.7 Å². The lowest BCUT2D eigenvalue weighted by atomic mass is 10.1. The first kappa shape index (κ1) is 19.9. The first-order chi connectivity index (χ1) is 13.9. The van der Waals surface area contributed by atoms with Crippen molar-refractivity contribution in [2.24, 2.45) is 0 Å². The van der Waals surface area contributed by atoms with Gasteiger partial charge in [0.25, 0.3) is 5.91 Å². The van der Waals surface area contributed by atoms with E-state index in [1.807, 2.05) is 13.0 Å². The molecule has 1 saturated heterocycles. The fraction of sp³-hybridized carbons (Fsp3) is 0.190. The summed E-state index contributed by atoms with van der Waals surface area (Å²) in [5.74, 6) is 0.0124. The summed E-state index contributed by atoms with van der Waals surface area (Å²) in [7, 11) is 3.02. The van der Waals surface area contributed by atoms with Crippen LogP contribution in [0.1, 0.15) is 11.1 Å². The highest BCUT2D eigenvalue weighted by atomic mass is 16.5. The molecule has 8 nitrogen and oxygen atoms in total. The number of anilines is 1. The Hall–Kier alpha value is -3.81. The lowest BCUT2D eigenvalue weighted by Crippen LogP contribution is -2.38. The number of benzene rings is 2. The number of ether oxygens (including phenoxy) is 2. The van der Waals surface area contributed by atoms with Gasteiger partial charge in [-0.25, -0.2) is 9.69 Å². The number of amides is 4. The molecule has 2 aromatic carbocycles. The van der Waals surface area contributed by atoms with Gasteiger partial charge in [-0.3, -0.25) is 9.59 Å². The van der Waals surface area contributed by atoms with Gasteiger partial charge in [-0.15, -0.1) is 0 Å². The molecule has 0 unspecified atom stereocenters. The van der Waals surface area contributed by atoms with Crippen molar-refractivity contribution in [2.45, 2.75) is 6.92 Å². The Bertz CT molecular complexity index is 1000. The highest BCUT2D eigenvalue weighted by molar-refractivity contribution is 6.16. The van der Waals surface area contributed by atoms with E-state index in [0.29, 0.717) is 22.7 Å². The van der Waals surface area contributed by atoms with E-state index in [9.17, 15) is 14.4 Å². The van der Waals surface area contributed by atoms with E-state index in [-0.39, 0.29) is 5.70 Å². The van der Waals surface area contributed by atoms with Crippen LogP contribution in [-0.2, 0) is 9.59 Å². The van der Waals surface area contributed by atoms with Crippen molar-refractivity contribution in [3.63, 3.8) is 0 Å². The van der Waals surface area contributed by atoms with E-state index >= 15 is 0 Å². The van der Waals surface area contributed by atoms with Crippen LogP contribution in [0.2, 0.25) is 0 Å². The predicted molar refractivity (Wildman–Crippen MR) is 108 cm³/mol. The Morgan fingerprint density at radius 2 is 1.93 bits per heavy atom. The van der Waals surface area contributed by atoms with E-state index in [0.717, 1.165) is 10.5 Å². The molecule has 0 atom stereocenters. The van der Waals surface area contributed by atoms with Crippen LogP contribution in [0.5, 0.6) is 11.5 Å². The standard InChI is InChI=1S/C21H21N3O5/c1-13-5-4-6-15(9-13)22-19(25)12-24-20(26)17(23-21(24)27)11-14-10-16(28-2)7-8-18(14)29-3/h4-11H,12H2,1-3H3,(H,22,25)(H,23,27)/b17-11+. The molecule has 1 fully saturated rings. The molecule has 0 aliphatic carbocycles. The molecule has 0 aromatic heterocycles. The Kier molecular flexibility index (Phi) is 5.82. The lowest BCUT2D eigenvalue weighted by Gasteiger charge is -2.12. The largest absolute Gasteiger partial charge is 0.497 e. The van der Waals surface area contributed by atoms with E-state index < -0.39 is 24.4 Å². The molecule has 2 N–H and O–H groups in total. The number of hydrogen-bond donors (Lipinski definition) is 2. The fourth-order valence-corrected chi connectivity index (χ4v) is 2.89. The molecular weight excluding hydrogens is 374 g/mol. The number of nitrogens with one attached hydrogen (secondary N) is 2. The van der Waals surface area contributed by atoms with Gasteiger partial charge >= 0.3 is 6.03 Å². The summed E-state index contributed by atoms with van der Waals surface area (Å²) in [5, 5.41) is 5.17. The minimum Gasteiger partial charge on any atom is -0.497 e. The van der Waals surface area contributed by atoms with Gasteiger partial charge in [0, 0.05) is 11.3 Å². The summed E-state index contributed by atoms with van der Waals surface area (Å²) in [6.07, 6.45) is 1.49. The van der Waals surface area contributed by atoms with Crippen molar-refractivity contribution in [3.05, 3.63) is 59.3 Å². The van der Waals surface area contributed by atoms with E-state index in [1.165, 1.54) is 20.3 Å². The van der Waals surface area contributed by atoms with Crippen LogP contribution in [0.3, 0.4) is 0 Å². The molecule has 1 heterocycles. The zero-order valence-corrected chi connectivity index (χ0v) is 16.3. The van der Waals surface area contributed by atoms with Gasteiger partial charge < -0.3 is 20.1 Å². The molecule has 3 rings (SSSR count). The van der Waals surface area contributed by atoms with E-state index in [1.54, 1.807) is 36.4 Å². The van der Waals surface area contributed by atoms with Gasteiger partial charge in [-0.05, 0) is 48.9 Å². The third-order valence-electron chi connectivity index (χ3n) is 4.30. The van der Waals surface area contributed by atoms with Crippen molar-refractivity contribution in [1.82, 2.24) is 10.2 Å². The number of aryl methyl sites for hydroxylation is 1. The molecule has 0 spiro atoms. The Morgan fingerprint density at radius 1 is 1.14 bits per heavy atom. The average molecular weight is 395 g/mol. The van der Waals surface area contributed by atoms with Gasteiger partial charge in [-0.1, -0.05) is 12.1 Å². The van der Waals surface area contributed by atoms with Crippen LogP contribution in [0.4, 0.5) is 10.5 Å². The fourth-order valence-electron chi connectivity index (χ4n) is 2.89.